The van der Waals surface area contributed by atoms with Gasteiger partial charge >= 0.3 is 0 Å². The predicted molar refractivity (Wildman–Crippen MR) is 130 cm³/mol. The number of carbonyl (C=O) groups is 1. The van der Waals surface area contributed by atoms with Crippen molar-refractivity contribution in [2.45, 2.75) is 31.6 Å². The molecule has 2 aromatic carbocycles. The van der Waals surface area contributed by atoms with Crippen molar-refractivity contribution in [3.8, 4) is 11.5 Å². The van der Waals surface area contributed by atoms with Crippen LogP contribution in [0, 0.1) is 0 Å². The molecule has 0 aliphatic carbocycles. The molecule has 0 fully saturated rings. The van der Waals surface area contributed by atoms with Crippen LogP contribution in [0.5, 0.6) is 11.5 Å². The second-order valence-corrected chi connectivity index (χ2v) is 10.4. The van der Waals surface area contributed by atoms with E-state index in [0.717, 1.165) is 23.1 Å². The highest BCUT2D eigenvalue weighted by Gasteiger charge is 2.22. The molecule has 0 aliphatic rings. The number of amides is 1. The van der Waals surface area contributed by atoms with E-state index in [4.69, 9.17) is 9.47 Å². The lowest BCUT2D eigenvalue weighted by Crippen LogP contribution is -2.31. The van der Waals surface area contributed by atoms with E-state index in [-0.39, 0.29) is 4.90 Å². The van der Waals surface area contributed by atoms with Crippen molar-refractivity contribution < 1.29 is 22.7 Å². The zero-order chi connectivity index (χ0) is 24.2. The molecule has 0 unspecified atom stereocenters. The Kier molecular flexibility index (Phi) is 7.93. The summed E-state index contributed by atoms with van der Waals surface area (Å²) in [5, 5.41) is 0. The number of rotatable bonds is 9. The van der Waals surface area contributed by atoms with Crippen molar-refractivity contribution in [2.75, 3.05) is 27.3 Å². The fourth-order valence-corrected chi connectivity index (χ4v) is 6.00. The fraction of sp³-hybridized carbons (Fsp3) is 0.391. The summed E-state index contributed by atoms with van der Waals surface area (Å²) in [7, 11) is 1.37. The summed E-state index contributed by atoms with van der Waals surface area (Å²) in [6.07, 6.45) is 1.71. The van der Waals surface area contributed by atoms with Gasteiger partial charge in [-0.3, -0.25) is 4.79 Å². The molecular weight excluding hydrogens is 462 g/mol. The van der Waals surface area contributed by atoms with Crippen molar-refractivity contribution in [1.82, 2.24) is 8.87 Å². The molecule has 0 saturated heterocycles. The average Bonchev–Trinajstić information content (AvgIpc) is 3.13. The Morgan fingerprint density at radius 1 is 1.12 bits per heavy atom. The number of unbranched alkanes of at least 4 members (excludes halogenated alkanes) is 1. The van der Waals surface area contributed by atoms with Gasteiger partial charge in [0, 0.05) is 31.8 Å². The van der Waals surface area contributed by atoms with Crippen molar-refractivity contribution in [1.29, 1.82) is 0 Å². The van der Waals surface area contributed by atoms with E-state index >= 15 is 0 Å². The molecule has 0 aliphatic heterocycles. The van der Waals surface area contributed by atoms with Crippen molar-refractivity contribution in [2.24, 2.45) is 12.0 Å². The highest BCUT2D eigenvalue weighted by Crippen LogP contribution is 2.32. The molecule has 0 bridgehead atoms. The third-order valence-corrected chi connectivity index (χ3v) is 8.41. The minimum absolute atomic E-state index is 0.168. The first-order valence-corrected chi connectivity index (χ1v) is 12.9. The summed E-state index contributed by atoms with van der Waals surface area (Å²) in [6.45, 7) is 4.71. The number of nitrogens with zero attached hydrogens (tertiary/aromatic N) is 3. The minimum atomic E-state index is -3.60. The van der Waals surface area contributed by atoms with Gasteiger partial charge in [-0.15, -0.1) is 0 Å². The van der Waals surface area contributed by atoms with E-state index in [1.807, 2.05) is 27.0 Å². The number of carbonyl (C=O) groups excluding carboxylic acids is 1. The maximum atomic E-state index is 12.9. The second-order valence-electron chi connectivity index (χ2n) is 7.41. The smallest absolute Gasteiger partial charge is 0.279 e. The molecular formula is C23H29N3O5S2. The maximum Gasteiger partial charge on any atom is 0.279 e. The molecule has 3 rings (SSSR count). The van der Waals surface area contributed by atoms with Gasteiger partial charge in [0.15, 0.2) is 4.80 Å². The van der Waals surface area contributed by atoms with Crippen molar-refractivity contribution in [3.05, 3.63) is 46.8 Å². The fourth-order valence-electron chi connectivity index (χ4n) is 3.45. The first kappa shape index (κ1) is 24.9. The molecule has 10 heteroatoms. The third-order valence-electron chi connectivity index (χ3n) is 5.34. The predicted octanol–water partition coefficient (Wildman–Crippen LogP) is 3.81. The number of thiazole rings is 1. The van der Waals surface area contributed by atoms with Crippen LogP contribution in [0.15, 0.2) is 46.3 Å². The molecule has 0 N–H and O–H groups in total. The number of benzene rings is 2. The van der Waals surface area contributed by atoms with Crippen LogP contribution in [-0.2, 0) is 17.1 Å². The molecule has 0 atom stereocenters. The number of sulfonamides is 1. The van der Waals surface area contributed by atoms with Crippen LogP contribution in [0.4, 0.5) is 0 Å². The van der Waals surface area contributed by atoms with Gasteiger partial charge in [0.2, 0.25) is 10.0 Å². The molecule has 1 amide bonds. The van der Waals surface area contributed by atoms with Crippen molar-refractivity contribution >= 4 is 37.5 Å². The topological polar surface area (TPSA) is 90.2 Å². The van der Waals surface area contributed by atoms with Crippen LogP contribution in [0.1, 0.15) is 37.0 Å². The van der Waals surface area contributed by atoms with Gasteiger partial charge in [0.05, 0.1) is 23.8 Å². The van der Waals surface area contributed by atoms with E-state index in [0.29, 0.717) is 35.0 Å². The highest BCUT2D eigenvalue weighted by molar-refractivity contribution is 7.89. The summed E-state index contributed by atoms with van der Waals surface area (Å²) < 4.78 is 40.7. The maximum absolute atomic E-state index is 12.9. The molecule has 0 saturated carbocycles. The summed E-state index contributed by atoms with van der Waals surface area (Å²) in [5.74, 6) is 0.816. The first-order valence-electron chi connectivity index (χ1n) is 10.7. The highest BCUT2D eigenvalue weighted by atomic mass is 32.2. The third kappa shape index (κ3) is 5.13. The second kappa shape index (κ2) is 10.5. The Labute approximate surface area is 198 Å². The Morgan fingerprint density at radius 3 is 2.39 bits per heavy atom. The molecule has 33 heavy (non-hydrogen) atoms. The number of hydrogen-bond donors (Lipinski definition) is 0. The summed E-state index contributed by atoms with van der Waals surface area (Å²) in [6, 6.07) is 9.58. The van der Waals surface area contributed by atoms with Gasteiger partial charge in [-0.2, -0.15) is 9.30 Å². The quantitative estimate of drug-likeness (QED) is 0.454. The van der Waals surface area contributed by atoms with Gasteiger partial charge in [0.25, 0.3) is 5.91 Å². The largest absolute Gasteiger partial charge is 0.497 e. The number of methoxy groups -OCH3 is 2. The van der Waals surface area contributed by atoms with Crippen molar-refractivity contribution in [3.63, 3.8) is 0 Å². The lowest BCUT2D eigenvalue weighted by molar-refractivity contribution is 0.0998. The summed E-state index contributed by atoms with van der Waals surface area (Å²) in [5.41, 5.74) is 1.12. The molecule has 1 heterocycles. The van der Waals surface area contributed by atoms with Crippen LogP contribution in [0.25, 0.3) is 10.2 Å². The van der Waals surface area contributed by atoms with Gasteiger partial charge in [-0.1, -0.05) is 31.6 Å². The first-order chi connectivity index (χ1) is 15.8. The van der Waals surface area contributed by atoms with Gasteiger partial charge in [-0.25, -0.2) is 8.42 Å². The lowest BCUT2D eigenvalue weighted by Gasteiger charge is -2.20. The van der Waals surface area contributed by atoms with E-state index in [1.54, 1.807) is 24.9 Å². The van der Waals surface area contributed by atoms with E-state index in [2.05, 4.69) is 4.99 Å². The summed E-state index contributed by atoms with van der Waals surface area (Å²) in [4.78, 5) is 17.8. The van der Waals surface area contributed by atoms with E-state index in [1.165, 1.54) is 39.9 Å². The Bertz CT molecular complexity index is 1310. The number of aromatic nitrogens is 1. The minimum Gasteiger partial charge on any atom is -0.497 e. The van der Waals surface area contributed by atoms with E-state index < -0.39 is 15.9 Å². The van der Waals surface area contributed by atoms with Gasteiger partial charge < -0.3 is 14.0 Å². The number of ether oxygens (including phenoxy) is 2. The SMILES string of the molecule is CCCCN(CC)S(=O)(=O)c1ccc(C(=O)N=c2sc3cc(OC)cc(OC)c3n2C)cc1. The monoisotopic (exact) mass is 491 g/mol. The normalized spacial score (nSPS) is 12.5. The molecule has 178 valence electrons. The number of hydrogen-bond acceptors (Lipinski definition) is 6. The molecule has 0 radical (unpaired) electrons. The Hall–Kier alpha value is -2.69. The van der Waals surface area contributed by atoms with Gasteiger partial charge in [0.1, 0.15) is 17.0 Å². The Balaban J connectivity index is 1.94. The standard InChI is InChI=1S/C23H29N3O5S2/c1-6-8-13-26(7-2)33(28,29)18-11-9-16(10-12-18)22(27)24-23-25(3)21-19(31-5)14-17(30-4)15-20(21)32-23/h9-12,14-15H,6-8,13H2,1-5H3. The molecule has 1 aromatic heterocycles. The molecule has 0 spiro atoms. The zero-order valence-electron chi connectivity index (χ0n) is 19.5. The van der Waals surface area contributed by atoms with Crippen LogP contribution < -0.4 is 14.3 Å². The van der Waals surface area contributed by atoms with Crippen LogP contribution >= 0.6 is 11.3 Å². The summed E-state index contributed by atoms with van der Waals surface area (Å²) >= 11 is 1.34. The Morgan fingerprint density at radius 2 is 1.82 bits per heavy atom. The van der Waals surface area contributed by atoms with Crippen LogP contribution in [0.3, 0.4) is 0 Å². The van der Waals surface area contributed by atoms with Crippen LogP contribution in [0.2, 0.25) is 0 Å². The van der Waals surface area contributed by atoms with E-state index in [9.17, 15) is 13.2 Å². The van der Waals surface area contributed by atoms with Crippen LogP contribution in [-0.4, -0.2) is 50.5 Å². The average molecular weight is 492 g/mol. The van der Waals surface area contributed by atoms with Gasteiger partial charge in [-0.05, 0) is 36.8 Å². The lowest BCUT2D eigenvalue weighted by atomic mass is 10.2. The number of fused-ring (bicyclic) bond motifs is 1. The number of aryl methyl sites for hydroxylation is 1. The zero-order valence-corrected chi connectivity index (χ0v) is 21.1. The molecule has 3 aromatic rings. The molecule has 8 nitrogen and oxygen atoms in total.